The lowest BCUT2D eigenvalue weighted by molar-refractivity contribution is 0.144. The first-order valence-corrected chi connectivity index (χ1v) is 10.00. The van der Waals surface area contributed by atoms with Crippen molar-refractivity contribution in [3.8, 4) is 5.75 Å². The number of halogens is 1. The summed E-state index contributed by atoms with van der Waals surface area (Å²) in [5, 5.41) is 3.19. The predicted octanol–water partition coefficient (Wildman–Crippen LogP) is 0.920. The van der Waals surface area contributed by atoms with Gasteiger partial charge in [-0.05, 0) is 18.2 Å². The fourth-order valence-corrected chi connectivity index (χ4v) is 4.79. The highest BCUT2D eigenvalue weighted by molar-refractivity contribution is 7.89. The Morgan fingerprint density at radius 2 is 2.19 bits per heavy atom. The van der Waals surface area contributed by atoms with Crippen LogP contribution in [0.25, 0.3) is 0 Å². The van der Waals surface area contributed by atoms with Crippen molar-refractivity contribution in [3.05, 3.63) is 42.2 Å². The molecule has 1 aliphatic rings. The number of benzene rings is 1. The molecule has 2 aromatic rings. The van der Waals surface area contributed by atoms with Crippen LogP contribution in [0.2, 0.25) is 0 Å². The van der Waals surface area contributed by atoms with Gasteiger partial charge in [-0.15, -0.1) is 0 Å². The number of nitrogens with zero attached hydrogens (tertiary/aromatic N) is 3. The molecule has 0 saturated carbocycles. The number of methoxy groups -OCH3 is 1. The zero-order valence-electron chi connectivity index (χ0n) is 15.3. The van der Waals surface area contributed by atoms with Crippen LogP contribution in [0.1, 0.15) is 11.9 Å². The summed E-state index contributed by atoms with van der Waals surface area (Å²) >= 11 is 0. The van der Waals surface area contributed by atoms with Crippen LogP contribution in [0.3, 0.4) is 0 Å². The molecule has 1 unspecified atom stereocenters. The Bertz CT molecular complexity index is 887. The van der Waals surface area contributed by atoms with Crippen molar-refractivity contribution in [2.75, 3.05) is 40.0 Å². The molecule has 0 spiro atoms. The van der Waals surface area contributed by atoms with Crippen LogP contribution in [-0.2, 0) is 21.8 Å². The molecule has 0 amide bonds. The molecule has 1 N–H and O–H groups in total. The zero-order chi connectivity index (χ0) is 19.4. The molecule has 1 aliphatic heterocycles. The van der Waals surface area contributed by atoms with Gasteiger partial charge in [0.15, 0.2) is 0 Å². The molecule has 1 saturated heterocycles. The zero-order valence-corrected chi connectivity index (χ0v) is 16.1. The van der Waals surface area contributed by atoms with Crippen LogP contribution in [0.15, 0.2) is 35.5 Å². The summed E-state index contributed by atoms with van der Waals surface area (Å²) in [4.78, 5) is 4.10. The van der Waals surface area contributed by atoms with Gasteiger partial charge in [-0.1, -0.05) is 0 Å². The third kappa shape index (κ3) is 4.13. The van der Waals surface area contributed by atoms with Gasteiger partial charge in [0.1, 0.15) is 28.9 Å². The minimum absolute atomic E-state index is 0.102. The number of ether oxygens (including phenoxy) is 2. The number of piperazine rings is 1. The Hall–Kier alpha value is -2.01. The van der Waals surface area contributed by atoms with Crippen LogP contribution in [0.5, 0.6) is 5.75 Å². The Balaban J connectivity index is 1.99. The quantitative estimate of drug-likeness (QED) is 0.698. The second-order valence-electron chi connectivity index (χ2n) is 6.16. The second-order valence-corrected chi connectivity index (χ2v) is 8.02. The van der Waals surface area contributed by atoms with Gasteiger partial charge >= 0.3 is 0 Å². The van der Waals surface area contributed by atoms with E-state index in [-0.39, 0.29) is 23.8 Å². The van der Waals surface area contributed by atoms with E-state index in [1.165, 1.54) is 23.5 Å². The van der Waals surface area contributed by atoms with Gasteiger partial charge in [0.25, 0.3) is 0 Å². The van der Waals surface area contributed by atoms with Crippen LogP contribution in [0, 0.1) is 5.82 Å². The van der Waals surface area contributed by atoms with Crippen molar-refractivity contribution >= 4 is 10.0 Å². The fourth-order valence-electron chi connectivity index (χ4n) is 3.06. The first kappa shape index (κ1) is 19.7. The standard InChI is InChI=1S/C17H23FN4O4S/c1-21-7-6-20-17(21)14-12-19-5-8-22(14)27(23,24)16-11-13(18)3-4-15(16)26-10-9-25-2/h3-4,6-7,11,14,19H,5,8-10,12H2,1-2H3. The largest absolute Gasteiger partial charge is 0.490 e. The molecule has 1 aromatic heterocycles. The lowest BCUT2D eigenvalue weighted by atomic mass is 10.2. The van der Waals surface area contributed by atoms with E-state index in [2.05, 4.69) is 10.3 Å². The van der Waals surface area contributed by atoms with Gasteiger partial charge in [0.2, 0.25) is 10.0 Å². The van der Waals surface area contributed by atoms with Gasteiger partial charge in [-0.3, -0.25) is 0 Å². The van der Waals surface area contributed by atoms with E-state index in [4.69, 9.17) is 9.47 Å². The molecule has 1 atom stereocenters. The SMILES string of the molecule is COCCOc1ccc(F)cc1S(=O)(=O)N1CCNCC1c1nccn1C. The third-order valence-electron chi connectivity index (χ3n) is 4.39. The normalized spacial score (nSPS) is 18.6. The number of nitrogens with one attached hydrogen (secondary N) is 1. The third-order valence-corrected chi connectivity index (χ3v) is 6.32. The van der Waals surface area contributed by atoms with E-state index in [1.807, 2.05) is 7.05 Å². The molecule has 2 heterocycles. The van der Waals surface area contributed by atoms with E-state index < -0.39 is 21.9 Å². The van der Waals surface area contributed by atoms with Crippen LogP contribution in [-0.4, -0.2) is 62.2 Å². The first-order chi connectivity index (χ1) is 12.9. The Kier molecular flexibility index (Phi) is 6.10. The Morgan fingerprint density at radius 1 is 1.37 bits per heavy atom. The molecule has 8 nitrogen and oxygen atoms in total. The molecule has 1 fully saturated rings. The molecular weight excluding hydrogens is 375 g/mol. The fraction of sp³-hybridized carbons (Fsp3) is 0.471. The number of hydrogen-bond donors (Lipinski definition) is 1. The number of aromatic nitrogens is 2. The van der Waals surface area contributed by atoms with Crippen LogP contribution >= 0.6 is 0 Å². The van der Waals surface area contributed by atoms with Crippen LogP contribution in [0.4, 0.5) is 4.39 Å². The summed E-state index contributed by atoms with van der Waals surface area (Å²) in [6.45, 7) is 1.61. The maximum absolute atomic E-state index is 13.9. The highest BCUT2D eigenvalue weighted by Crippen LogP contribution is 2.33. The first-order valence-electron chi connectivity index (χ1n) is 8.56. The van der Waals surface area contributed by atoms with Crippen molar-refractivity contribution in [2.45, 2.75) is 10.9 Å². The molecule has 0 bridgehead atoms. The van der Waals surface area contributed by atoms with Gasteiger partial charge in [-0.25, -0.2) is 17.8 Å². The Labute approximate surface area is 158 Å². The topological polar surface area (TPSA) is 85.7 Å². The highest BCUT2D eigenvalue weighted by Gasteiger charge is 2.38. The minimum Gasteiger partial charge on any atom is -0.490 e. The van der Waals surface area contributed by atoms with Crippen LogP contribution < -0.4 is 10.1 Å². The van der Waals surface area contributed by atoms with E-state index >= 15 is 0 Å². The van der Waals surface area contributed by atoms with E-state index in [0.717, 1.165) is 6.07 Å². The van der Waals surface area contributed by atoms with Crippen molar-refractivity contribution < 1.29 is 22.3 Å². The van der Waals surface area contributed by atoms with Gasteiger partial charge in [0, 0.05) is 46.2 Å². The number of rotatable bonds is 7. The Morgan fingerprint density at radius 3 is 2.89 bits per heavy atom. The summed E-state index contributed by atoms with van der Waals surface area (Å²) in [5.74, 6) is 0.0749. The number of aryl methyl sites for hydroxylation is 1. The summed E-state index contributed by atoms with van der Waals surface area (Å²) in [5.41, 5.74) is 0. The molecule has 148 valence electrons. The summed E-state index contributed by atoms with van der Waals surface area (Å²) in [6.07, 6.45) is 3.38. The molecular formula is C17H23FN4O4S. The lowest BCUT2D eigenvalue weighted by Crippen LogP contribution is -2.49. The maximum Gasteiger partial charge on any atom is 0.247 e. The van der Waals surface area contributed by atoms with Crippen molar-refractivity contribution in [1.29, 1.82) is 0 Å². The van der Waals surface area contributed by atoms with Gasteiger partial charge in [-0.2, -0.15) is 4.31 Å². The van der Waals surface area contributed by atoms with E-state index in [1.54, 1.807) is 17.0 Å². The van der Waals surface area contributed by atoms with E-state index in [0.29, 0.717) is 25.5 Å². The predicted molar refractivity (Wildman–Crippen MR) is 96.5 cm³/mol. The average Bonchev–Trinajstić information content (AvgIpc) is 3.09. The molecule has 10 heteroatoms. The van der Waals surface area contributed by atoms with Gasteiger partial charge in [0.05, 0.1) is 12.6 Å². The molecule has 0 radical (unpaired) electrons. The number of sulfonamides is 1. The number of imidazole rings is 1. The average molecular weight is 398 g/mol. The van der Waals surface area contributed by atoms with Gasteiger partial charge < -0.3 is 19.4 Å². The summed E-state index contributed by atoms with van der Waals surface area (Å²) in [6, 6.07) is 3.00. The lowest BCUT2D eigenvalue weighted by Gasteiger charge is -2.35. The molecule has 3 rings (SSSR count). The smallest absolute Gasteiger partial charge is 0.247 e. The van der Waals surface area contributed by atoms with Crippen molar-refractivity contribution in [2.24, 2.45) is 7.05 Å². The maximum atomic E-state index is 13.9. The van der Waals surface area contributed by atoms with E-state index in [9.17, 15) is 12.8 Å². The number of hydrogen-bond acceptors (Lipinski definition) is 6. The monoisotopic (exact) mass is 398 g/mol. The second kappa shape index (κ2) is 8.34. The highest BCUT2D eigenvalue weighted by atomic mass is 32.2. The molecule has 0 aliphatic carbocycles. The molecule has 1 aromatic carbocycles. The van der Waals surface area contributed by atoms with Crippen molar-refractivity contribution in [1.82, 2.24) is 19.2 Å². The van der Waals surface area contributed by atoms with Crippen molar-refractivity contribution in [3.63, 3.8) is 0 Å². The molecule has 27 heavy (non-hydrogen) atoms. The summed E-state index contributed by atoms with van der Waals surface area (Å²) in [7, 11) is -0.684. The summed E-state index contributed by atoms with van der Waals surface area (Å²) < 4.78 is 54.2. The minimum atomic E-state index is -4.01.